The van der Waals surface area contributed by atoms with Gasteiger partial charge < -0.3 is 10.4 Å². The van der Waals surface area contributed by atoms with Gasteiger partial charge in [-0.1, -0.05) is 0 Å². The maximum Gasteiger partial charge on any atom is 0.417 e. The normalized spacial score (nSPS) is 13.7. The van der Waals surface area contributed by atoms with E-state index in [2.05, 4.69) is 10.4 Å². The van der Waals surface area contributed by atoms with Crippen LogP contribution in [-0.4, -0.2) is 26.4 Å². The van der Waals surface area contributed by atoms with E-state index in [1.54, 1.807) is 0 Å². The smallest absolute Gasteiger partial charge is 0.378 e. The fourth-order valence-electron chi connectivity index (χ4n) is 2.82. The molecule has 0 radical (unpaired) electrons. The third-order valence-corrected chi connectivity index (χ3v) is 4.32. The number of nitrogens with one attached hydrogen (secondary N) is 1. The van der Waals surface area contributed by atoms with Crippen molar-refractivity contribution in [3.63, 3.8) is 0 Å². The van der Waals surface area contributed by atoms with Gasteiger partial charge in [-0.3, -0.25) is 9.48 Å². The standard InChI is InChI=1S/C19H13F5N4O2/c1-18(30,9-28-15-5-3-11(20)6-13(15)16(21)27-28)17(29)26-12-4-2-10(8-25)14(7-12)19(22,23)24/h2-7,30H,9H2,1H3,(H,26,29). The monoisotopic (exact) mass is 424 g/mol. The second-order valence-electron chi connectivity index (χ2n) is 6.71. The Labute approximate surface area is 166 Å². The second kappa shape index (κ2) is 7.38. The number of nitrogens with zero attached hydrogens (tertiary/aromatic N) is 3. The minimum absolute atomic E-state index is 0.111. The van der Waals surface area contributed by atoms with Crippen LogP contribution in [-0.2, 0) is 17.5 Å². The molecule has 30 heavy (non-hydrogen) atoms. The van der Waals surface area contributed by atoms with Gasteiger partial charge in [0.25, 0.3) is 5.91 Å². The molecule has 0 aliphatic heterocycles. The Hall–Kier alpha value is -3.52. The van der Waals surface area contributed by atoms with Crippen molar-refractivity contribution in [1.82, 2.24) is 9.78 Å². The highest BCUT2D eigenvalue weighted by atomic mass is 19.4. The first-order chi connectivity index (χ1) is 13.9. The van der Waals surface area contributed by atoms with Gasteiger partial charge in [-0.25, -0.2) is 4.39 Å². The number of halogens is 5. The number of aliphatic hydroxyl groups is 1. The highest BCUT2D eigenvalue weighted by Crippen LogP contribution is 2.33. The van der Waals surface area contributed by atoms with Crippen LogP contribution in [0.2, 0.25) is 0 Å². The molecule has 3 rings (SSSR count). The first kappa shape index (κ1) is 21.2. The quantitative estimate of drug-likeness (QED) is 0.627. The Balaban J connectivity index is 1.86. The highest BCUT2D eigenvalue weighted by Gasteiger charge is 2.35. The lowest BCUT2D eigenvalue weighted by Crippen LogP contribution is -2.44. The summed E-state index contributed by atoms with van der Waals surface area (Å²) in [5, 5.41) is 24.8. The van der Waals surface area contributed by atoms with Gasteiger partial charge in [0.2, 0.25) is 5.95 Å². The van der Waals surface area contributed by atoms with Gasteiger partial charge in [-0.2, -0.15) is 22.8 Å². The lowest BCUT2D eigenvalue weighted by atomic mass is 10.0. The summed E-state index contributed by atoms with van der Waals surface area (Å²) in [4.78, 5) is 12.4. The molecule has 0 aliphatic rings. The molecule has 0 bridgehead atoms. The number of carbonyl (C=O) groups is 1. The summed E-state index contributed by atoms with van der Waals surface area (Å²) in [6.07, 6.45) is -4.82. The third kappa shape index (κ3) is 4.08. The first-order valence-corrected chi connectivity index (χ1v) is 8.39. The van der Waals surface area contributed by atoms with Crippen molar-refractivity contribution in [2.45, 2.75) is 25.2 Å². The molecular weight excluding hydrogens is 411 g/mol. The molecule has 1 aromatic heterocycles. The van der Waals surface area contributed by atoms with Gasteiger partial charge in [-0.15, -0.1) is 5.10 Å². The van der Waals surface area contributed by atoms with Crippen LogP contribution in [0.3, 0.4) is 0 Å². The number of amides is 1. The zero-order chi connectivity index (χ0) is 22.3. The maximum atomic E-state index is 13.9. The summed E-state index contributed by atoms with van der Waals surface area (Å²) < 4.78 is 67.4. The number of hydrogen-bond acceptors (Lipinski definition) is 4. The average Bonchev–Trinajstić information content (AvgIpc) is 2.95. The van der Waals surface area contributed by atoms with Crippen molar-refractivity contribution in [2.75, 3.05) is 5.32 Å². The summed E-state index contributed by atoms with van der Waals surface area (Å²) in [6.45, 7) is 0.499. The molecule has 1 unspecified atom stereocenters. The molecule has 11 heteroatoms. The minimum Gasteiger partial charge on any atom is -0.378 e. The second-order valence-corrected chi connectivity index (χ2v) is 6.71. The van der Waals surface area contributed by atoms with Crippen LogP contribution >= 0.6 is 0 Å². The predicted molar refractivity (Wildman–Crippen MR) is 95.1 cm³/mol. The van der Waals surface area contributed by atoms with E-state index in [1.807, 2.05) is 0 Å². The van der Waals surface area contributed by atoms with Crippen molar-refractivity contribution in [2.24, 2.45) is 0 Å². The molecule has 6 nitrogen and oxygen atoms in total. The number of benzene rings is 2. The zero-order valence-electron chi connectivity index (χ0n) is 15.3. The molecule has 3 aromatic rings. The van der Waals surface area contributed by atoms with Crippen LogP contribution in [0, 0.1) is 23.1 Å². The molecule has 156 valence electrons. The van der Waals surface area contributed by atoms with Crippen molar-refractivity contribution < 1.29 is 31.9 Å². The van der Waals surface area contributed by atoms with E-state index in [0.717, 1.165) is 35.9 Å². The summed E-state index contributed by atoms with van der Waals surface area (Å²) in [5.74, 6) is -2.80. The van der Waals surface area contributed by atoms with E-state index in [0.29, 0.717) is 6.07 Å². The summed E-state index contributed by atoms with van der Waals surface area (Å²) in [6, 6.07) is 7.10. The van der Waals surface area contributed by atoms with Crippen LogP contribution in [0.25, 0.3) is 10.9 Å². The number of alkyl halides is 3. The van der Waals surface area contributed by atoms with Crippen LogP contribution < -0.4 is 5.32 Å². The van der Waals surface area contributed by atoms with E-state index >= 15 is 0 Å². The number of carbonyl (C=O) groups excluding carboxylic acids is 1. The molecule has 1 atom stereocenters. The molecule has 0 spiro atoms. The van der Waals surface area contributed by atoms with Gasteiger partial charge in [0.05, 0.1) is 34.6 Å². The molecular formula is C19H13F5N4O2. The lowest BCUT2D eigenvalue weighted by Gasteiger charge is -2.23. The Kier molecular flexibility index (Phi) is 5.22. The molecule has 0 aliphatic carbocycles. The van der Waals surface area contributed by atoms with E-state index in [9.17, 15) is 31.9 Å². The van der Waals surface area contributed by atoms with E-state index in [4.69, 9.17) is 5.26 Å². The Morgan fingerprint density at radius 2 is 1.93 bits per heavy atom. The van der Waals surface area contributed by atoms with Crippen molar-refractivity contribution >= 4 is 22.5 Å². The third-order valence-electron chi connectivity index (χ3n) is 4.32. The van der Waals surface area contributed by atoms with Gasteiger partial charge in [0.1, 0.15) is 5.82 Å². The fraction of sp³-hybridized carbons (Fsp3) is 0.211. The van der Waals surface area contributed by atoms with E-state index in [1.165, 1.54) is 12.1 Å². The molecule has 0 saturated heterocycles. The molecule has 1 amide bonds. The summed E-state index contributed by atoms with van der Waals surface area (Å²) >= 11 is 0. The number of fused-ring (bicyclic) bond motifs is 1. The first-order valence-electron chi connectivity index (χ1n) is 8.39. The molecule has 0 saturated carbocycles. The molecule has 0 fully saturated rings. The predicted octanol–water partition coefficient (Wildman–Crippen LogP) is 3.59. The van der Waals surface area contributed by atoms with Crippen LogP contribution in [0.5, 0.6) is 0 Å². The molecule has 1 heterocycles. The van der Waals surface area contributed by atoms with Gasteiger partial charge in [0, 0.05) is 5.69 Å². The Morgan fingerprint density at radius 3 is 2.57 bits per heavy atom. The number of hydrogen-bond donors (Lipinski definition) is 2. The van der Waals surface area contributed by atoms with E-state index in [-0.39, 0.29) is 16.6 Å². The van der Waals surface area contributed by atoms with Crippen molar-refractivity contribution in [3.05, 3.63) is 59.3 Å². The number of aromatic nitrogens is 2. The van der Waals surface area contributed by atoms with Crippen molar-refractivity contribution in [1.29, 1.82) is 5.26 Å². The average molecular weight is 424 g/mol. The molecule has 2 N–H and O–H groups in total. The number of rotatable bonds is 4. The van der Waals surface area contributed by atoms with Crippen molar-refractivity contribution in [3.8, 4) is 6.07 Å². The minimum atomic E-state index is -4.82. The zero-order valence-corrected chi connectivity index (χ0v) is 15.3. The van der Waals surface area contributed by atoms with Gasteiger partial charge in [0.15, 0.2) is 5.60 Å². The topological polar surface area (TPSA) is 90.9 Å². The SMILES string of the molecule is CC(O)(Cn1nc(F)c2cc(F)ccc21)C(=O)Nc1ccc(C#N)c(C(F)(F)F)c1. The largest absolute Gasteiger partial charge is 0.417 e. The van der Waals surface area contributed by atoms with Crippen LogP contribution in [0.1, 0.15) is 18.1 Å². The summed E-state index contributed by atoms with van der Waals surface area (Å²) in [5.41, 5.74) is -4.28. The number of nitriles is 1. The summed E-state index contributed by atoms with van der Waals surface area (Å²) in [7, 11) is 0. The highest BCUT2D eigenvalue weighted by molar-refractivity contribution is 5.97. The number of anilines is 1. The van der Waals surface area contributed by atoms with Crippen LogP contribution in [0.4, 0.5) is 27.6 Å². The van der Waals surface area contributed by atoms with E-state index < -0.39 is 47.1 Å². The Morgan fingerprint density at radius 1 is 1.23 bits per heavy atom. The maximum absolute atomic E-state index is 13.9. The molecule has 2 aromatic carbocycles. The van der Waals surface area contributed by atoms with Gasteiger partial charge in [-0.05, 0) is 43.3 Å². The van der Waals surface area contributed by atoms with Crippen LogP contribution in [0.15, 0.2) is 36.4 Å². The Bertz CT molecular complexity index is 1180. The lowest BCUT2D eigenvalue weighted by molar-refractivity contribution is -0.138. The van der Waals surface area contributed by atoms with Gasteiger partial charge >= 0.3 is 6.18 Å². The fourth-order valence-corrected chi connectivity index (χ4v) is 2.82.